The fraction of sp³-hybridized carbons (Fsp3) is 0.522. The van der Waals surface area contributed by atoms with Gasteiger partial charge in [-0.05, 0) is 43.6 Å². The topological polar surface area (TPSA) is 84.5 Å². The van der Waals surface area contributed by atoms with E-state index in [1.807, 2.05) is 44.2 Å². The molecule has 0 heterocycles. The van der Waals surface area contributed by atoms with Crippen molar-refractivity contribution in [1.82, 2.24) is 10.6 Å². The highest BCUT2D eigenvalue weighted by atomic mass is 16.5. The third kappa shape index (κ3) is 8.50. The highest BCUT2D eigenvalue weighted by Gasteiger charge is 2.26. The van der Waals surface area contributed by atoms with Crippen LogP contribution in [0.1, 0.15) is 51.5 Å². The Balaban J connectivity index is 1.72. The van der Waals surface area contributed by atoms with Gasteiger partial charge in [0.15, 0.2) is 6.61 Å². The fourth-order valence-electron chi connectivity index (χ4n) is 3.28. The molecule has 0 aliphatic heterocycles. The first-order valence-electron chi connectivity index (χ1n) is 10.4. The van der Waals surface area contributed by atoms with E-state index in [-0.39, 0.29) is 30.8 Å². The molecule has 0 spiro atoms. The summed E-state index contributed by atoms with van der Waals surface area (Å²) >= 11 is 0. The lowest BCUT2D eigenvalue weighted by Gasteiger charge is -2.21. The highest BCUT2D eigenvalue weighted by Crippen LogP contribution is 2.19. The van der Waals surface area contributed by atoms with E-state index in [2.05, 4.69) is 16.7 Å². The van der Waals surface area contributed by atoms with E-state index in [4.69, 9.17) is 4.74 Å². The van der Waals surface area contributed by atoms with Crippen LogP contribution in [-0.4, -0.2) is 37.0 Å². The van der Waals surface area contributed by atoms with Crippen molar-refractivity contribution in [2.45, 2.75) is 58.4 Å². The summed E-state index contributed by atoms with van der Waals surface area (Å²) in [5.74, 6) is -1.32. The minimum atomic E-state index is -0.786. The van der Waals surface area contributed by atoms with Crippen LogP contribution in [0.4, 0.5) is 0 Å². The minimum Gasteiger partial charge on any atom is -0.454 e. The monoisotopic (exact) mass is 400 g/mol. The van der Waals surface area contributed by atoms with Crippen molar-refractivity contribution in [2.24, 2.45) is 5.92 Å². The molecule has 158 valence electrons. The molecule has 0 unspecified atom stereocenters. The van der Waals surface area contributed by atoms with Gasteiger partial charge in [0.2, 0.25) is 5.91 Å². The Bertz CT molecular complexity index is 713. The standard InChI is InChI=1S/C23H32N2O4/c1-17(2)22(25-20(26)15-19-11-7-4-8-12-19)23(28)29-16-21(27)24-14-13-18-9-5-3-6-10-18/h4,7-9,11-12,17,22H,3,5-6,10,13-16H2,1-2H3,(H,24,27)(H,25,26)/t22-/m0/s1. The van der Waals surface area contributed by atoms with Gasteiger partial charge in [0.1, 0.15) is 6.04 Å². The summed E-state index contributed by atoms with van der Waals surface area (Å²) in [4.78, 5) is 36.6. The average molecular weight is 401 g/mol. The number of rotatable bonds is 10. The Morgan fingerprint density at radius 2 is 1.83 bits per heavy atom. The summed E-state index contributed by atoms with van der Waals surface area (Å²) in [6.45, 7) is 3.86. The summed E-state index contributed by atoms with van der Waals surface area (Å²) < 4.78 is 5.14. The van der Waals surface area contributed by atoms with Gasteiger partial charge in [0.25, 0.3) is 5.91 Å². The van der Waals surface area contributed by atoms with E-state index < -0.39 is 12.0 Å². The fourth-order valence-corrected chi connectivity index (χ4v) is 3.28. The third-order valence-corrected chi connectivity index (χ3v) is 4.94. The van der Waals surface area contributed by atoms with E-state index in [1.165, 1.54) is 18.4 Å². The van der Waals surface area contributed by atoms with E-state index in [0.717, 1.165) is 24.8 Å². The molecule has 2 N–H and O–H groups in total. The second-order valence-electron chi connectivity index (χ2n) is 7.77. The molecule has 6 nitrogen and oxygen atoms in total. The van der Waals surface area contributed by atoms with Crippen LogP contribution in [-0.2, 0) is 25.5 Å². The lowest BCUT2D eigenvalue weighted by Crippen LogP contribution is -2.46. The zero-order valence-electron chi connectivity index (χ0n) is 17.4. The molecule has 0 bridgehead atoms. The average Bonchev–Trinajstić information content (AvgIpc) is 2.71. The number of hydrogen-bond acceptors (Lipinski definition) is 4. The quantitative estimate of drug-likeness (QED) is 0.467. The number of hydrogen-bond donors (Lipinski definition) is 2. The lowest BCUT2D eigenvalue weighted by molar-refractivity contribution is -0.152. The van der Waals surface area contributed by atoms with E-state index >= 15 is 0 Å². The highest BCUT2D eigenvalue weighted by molar-refractivity contribution is 5.87. The number of allylic oxidation sites excluding steroid dienone is 1. The van der Waals surface area contributed by atoms with Crippen LogP contribution in [0.25, 0.3) is 0 Å². The van der Waals surface area contributed by atoms with Crippen LogP contribution < -0.4 is 10.6 Å². The molecule has 1 aliphatic carbocycles. The molecular weight excluding hydrogens is 368 g/mol. The molecule has 1 aromatic carbocycles. The van der Waals surface area contributed by atoms with Crippen molar-refractivity contribution in [3.05, 3.63) is 47.5 Å². The first kappa shape index (κ1) is 22.7. The molecule has 0 saturated carbocycles. The van der Waals surface area contributed by atoms with Gasteiger partial charge < -0.3 is 15.4 Å². The molecule has 0 saturated heterocycles. The van der Waals surface area contributed by atoms with Crippen LogP contribution in [0.3, 0.4) is 0 Å². The number of amides is 2. The van der Waals surface area contributed by atoms with Gasteiger partial charge in [-0.2, -0.15) is 0 Å². The summed E-state index contributed by atoms with van der Waals surface area (Å²) in [7, 11) is 0. The Hall–Kier alpha value is -2.63. The molecule has 2 rings (SSSR count). The number of ether oxygens (including phenoxy) is 1. The van der Waals surface area contributed by atoms with Crippen LogP contribution >= 0.6 is 0 Å². The molecule has 2 amide bonds. The zero-order chi connectivity index (χ0) is 21.1. The van der Waals surface area contributed by atoms with Gasteiger partial charge >= 0.3 is 5.97 Å². The van der Waals surface area contributed by atoms with Crippen LogP contribution in [0.2, 0.25) is 0 Å². The number of carbonyl (C=O) groups is 3. The van der Waals surface area contributed by atoms with E-state index in [0.29, 0.717) is 6.54 Å². The van der Waals surface area contributed by atoms with Gasteiger partial charge in [0.05, 0.1) is 6.42 Å². The van der Waals surface area contributed by atoms with E-state index in [1.54, 1.807) is 0 Å². The van der Waals surface area contributed by atoms with Crippen molar-refractivity contribution in [2.75, 3.05) is 13.2 Å². The Morgan fingerprint density at radius 3 is 2.48 bits per heavy atom. The molecule has 0 aromatic heterocycles. The second-order valence-corrected chi connectivity index (χ2v) is 7.77. The summed E-state index contributed by atoms with van der Waals surface area (Å²) in [5, 5.41) is 5.50. The minimum absolute atomic E-state index is 0.150. The van der Waals surface area contributed by atoms with E-state index in [9.17, 15) is 14.4 Å². The predicted molar refractivity (Wildman–Crippen MR) is 112 cm³/mol. The largest absolute Gasteiger partial charge is 0.454 e. The lowest BCUT2D eigenvalue weighted by atomic mass is 9.97. The maximum absolute atomic E-state index is 12.4. The van der Waals surface area contributed by atoms with Crippen LogP contribution in [0.15, 0.2) is 42.0 Å². The Kier molecular flexibility index (Phi) is 9.41. The predicted octanol–water partition coefficient (Wildman–Crippen LogP) is 2.92. The molecular formula is C23H32N2O4. The molecule has 29 heavy (non-hydrogen) atoms. The Morgan fingerprint density at radius 1 is 1.07 bits per heavy atom. The molecule has 6 heteroatoms. The zero-order valence-corrected chi connectivity index (χ0v) is 17.4. The summed E-state index contributed by atoms with van der Waals surface area (Å²) in [6, 6.07) is 8.53. The van der Waals surface area contributed by atoms with Crippen LogP contribution in [0.5, 0.6) is 0 Å². The second kappa shape index (κ2) is 12.0. The summed E-state index contributed by atoms with van der Waals surface area (Å²) in [5.41, 5.74) is 2.25. The maximum Gasteiger partial charge on any atom is 0.329 e. The smallest absolute Gasteiger partial charge is 0.329 e. The van der Waals surface area contributed by atoms with Gasteiger partial charge in [0, 0.05) is 6.54 Å². The first-order valence-corrected chi connectivity index (χ1v) is 10.4. The van der Waals surface area contributed by atoms with Gasteiger partial charge in [-0.1, -0.05) is 55.8 Å². The molecule has 1 aliphatic rings. The summed E-state index contributed by atoms with van der Waals surface area (Å²) in [6.07, 6.45) is 7.95. The van der Waals surface area contributed by atoms with Crippen molar-refractivity contribution >= 4 is 17.8 Å². The molecule has 0 fully saturated rings. The van der Waals surface area contributed by atoms with Crippen LogP contribution in [0, 0.1) is 5.92 Å². The van der Waals surface area contributed by atoms with Crippen molar-refractivity contribution in [1.29, 1.82) is 0 Å². The first-order chi connectivity index (χ1) is 14.0. The van der Waals surface area contributed by atoms with Gasteiger partial charge in [-0.25, -0.2) is 4.79 Å². The van der Waals surface area contributed by atoms with Gasteiger partial charge in [-0.15, -0.1) is 0 Å². The number of carbonyl (C=O) groups excluding carboxylic acids is 3. The number of nitrogens with one attached hydrogen (secondary N) is 2. The van der Waals surface area contributed by atoms with Crippen molar-refractivity contribution in [3.63, 3.8) is 0 Å². The number of esters is 1. The molecule has 0 radical (unpaired) electrons. The molecule has 1 aromatic rings. The molecule has 1 atom stereocenters. The number of benzene rings is 1. The van der Waals surface area contributed by atoms with Gasteiger partial charge in [-0.3, -0.25) is 9.59 Å². The normalized spacial score (nSPS) is 14.7. The third-order valence-electron chi connectivity index (χ3n) is 4.94. The van der Waals surface area contributed by atoms with Crippen molar-refractivity contribution < 1.29 is 19.1 Å². The Labute approximate surface area is 173 Å². The maximum atomic E-state index is 12.4. The van der Waals surface area contributed by atoms with Crippen molar-refractivity contribution in [3.8, 4) is 0 Å². The SMILES string of the molecule is CC(C)[C@H](NC(=O)Cc1ccccc1)C(=O)OCC(=O)NCCC1=CCCCC1.